The minimum Gasteiger partial charge on any atom is -0.330 e. The Morgan fingerprint density at radius 3 is 2.94 bits per heavy atom. The summed E-state index contributed by atoms with van der Waals surface area (Å²) in [6.07, 6.45) is 2.43. The summed E-state index contributed by atoms with van der Waals surface area (Å²) in [6.45, 7) is 2.59. The predicted octanol–water partition coefficient (Wildman–Crippen LogP) is 1.85. The molecule has 1 aromatic heterocycles. The Morgan fingerprint density at radius 2 is 2.25 bits per heavy atom. The molecule has 2 rings (SSSR count). The maximum absolute atomic E-state index is 13.8. The molecule has 0 radical (unpaired) electrons. The van der Waals surface area contributed by atoms with Crippen molar-refractivity contribution in [3.8, 4) is 0 Å². The Hall–Kier alpha value is -1.42. The van der Waals surface area contributed by atoms with Gasteiger partial charge in [0.05, 0.1) is 11.7 Å². The number of hydrogen-bond donors (Lipinski definition) is 1. The second-order valence-corrected chi connectivity index (χ2v) is 4.32. The maximum atomic E-state index is 13.8. The van der Waals surface area contributed by atoms with Gasteiger partial charge in [-0.05, 0) is 30.5 Å². The third-order valence-electron chi connectivity index (χ3n) is 2.89. The first-order chi connectivity index (χ1) is 7.61. The molecule has 0 saturated heterocycles. The minimum atomic E-state index is -0.170. The number of halogens is 1. The van der Waals surface area contributed by atoms with Gasteiger partial charge in [-0.1, -0.05) is 6.92 Å². The monoisotopic (exact) mass is 221 g/mol. The number of fused-ring (bicyclic) bond motifs is 1. The lowest BCUT2D eigenvalue weighted by Crippen LogP contribution is -2.13. The van der Waals surface area contributed by atoms with E-state index >= 15 is 0 Å². The molecular formula is C12H16FN3. The first-order valence-corrected chi connectivity index (χ1v) is 5.42. The van der Waals surface area contributed by atoms with Crippen molar-refractivity contribution in [1.29, 1.82) is 0 Å². The van der Waals surface area contributed by atoms with Crippen LogP contribution in [0.15, 0.2) is 18.3 Å². The summed E-state index contributed by atoms with van der Waals surface area (Å²) in [5, 5.41) is 5.08. The predicted molar refractivity (Wildman–Crippen MR) is 62.6 cm³/mol. The first kappa shape index (κ1) is 11.1. The lowest BCUT2D eigenvalue weighted by molar-refractivity contribution is 0.552. The molecule has 0 bridgehead atoms. The average Bonchev–Trinajstić information content (AvgIpc) is 2.61. The molecule has 1 heterocycles. The molecule has 0 saturated carbocycles. The highest BCUT2D eigenvalue weighted by Gasteiger charge is 2.10. The molecule has 2 aromatic rings. The molecule has 0 aliphatic heterocycles. The molecule has 0 spiro atoms. The summed E-state index contributed by atoms with van der Waals surface area (Å²) >= 11 is 0. The van der Waals surface area contributed by atoms with Gasteiger partial charge >= 0.3 is 0 Å². The third-order valence-corrected chi connectivity index (χ3v) is 2.89. The van der Waals surface area contributed by atoms with Gasteiger partial charge in [0.25, 0.3) is 0 Å². The molecule has 16 heavy (non-hydrogen) atoms. The Kier molecular flexibility index (Phi) is 2.92. The van der Waals surface area contributed by atoms with Gasteiger partial charge < -0.3 is 5.73 Å². The summed E-state index contributed by atoms with van der Waals surface area (Å²) < 4.78 is 15.5. The van der Waals surface area contributed by atoms with Crippen LogP contribution in [-0.2, 0) is 13.5 Å². The molecule has 2 N–H and O–H groups in total. The highest BCUT2D eigenvalue weighted by molar-refractivity contribution is 5.79. The second kappa shape index (κ2) is 4.22. The fourth-order valence-electron chi connectivity index (χ4n) is 1.84. The summed E-state index contributed by atoms with van der Waals surface area (Å²) in [5.74, 6) is 0.125. The van der Waals surface area contributed by atoms with E-state index in [-0.39, 0.29) is 5.82 Å². The van der Waals surface area contributed by atoms with Crippen LogP contribution in [0.5, 0.6) is 0 Å². The van der Waals surface area contributed by atoms with Gasteiger partial charge in [-0.25, -0.2) is 4.39 Å². The Bertz CT molecular complexity index is 504. The van der Waals surface area contributed by atoms with Crippen LogP contribution in [0, 0.1) is 11.7 Å². The van der Waals surface area contributed by atoms with Crippen LogP contribution < -0.4 is 5.73 Å². The molecule has 0 aliphatic carbocycles. The van der Waals surface area contributed by atoms with Crippen molar-refractivity contribution in [1.82, 2.24) is 9.78 Å². The topological polar surface area (TPSA) is 43.8 Å². The Balaban J connectivity index is 2.42. The van der Waals surface area contributed by atoms with E-state index in [4.69, 9.17) is 5.73 Å². The summed E-state index contributed by atoms with van der Waals surface area (Å²) in [4.78, 5) is 0. The zero-order valence-electron chi connectivity index (χ0n) is 9.57. The highest BCUT2D eigenvalue weighted by atomic mass is 19.1. The van der Waals surface area contributed by atoms with Crippen LogP contribution in [0.1, 0.15) is 12.5 Å². The minimum absolute atomic E-state index is 0.170. The zero-order chi connectivity index (χ0) is 11.7. The second-order valence-electron chi connectivity index (χ2n) is 4.32. The number of rotatable bonds is 3. The molecule has 0 amide bonds. The molecule has 3 nitrogen and oxygen atoms in total. The SMILES string of the molecule is CC(CN)Cc1cc2cnn(C)c2cc1F. The van der Waals surface area contributed by atoms with Gasteiger partial charge in [-0.15, -0.1) is 0 Å². The number of hydrogen-bond acceptors (Lipinski definition) is 2. The van der Waals surface area contributed by atoms with Crippen LogP contribution in [0.25, 0.3) is 10.9 Å². The van der Waals surface area contributed by atoms with Crippen molar-refractivity contribution in [3.05, 3.63) is 29.7 Å². The number of benzene rings is 1. The standard InChI is InChI=1S/C12H16FN3/c1-8(6-14)3-9-4-10-7-15-16(2)12(10)5-11(9)13/h4-5,7-8H,3,6,14H2,1-2H3. The number of nitrogens with zero attached hydrogens (tertiary/aromatic N) is 2. The summed E-state index contributed by atoms with van der Waals surface area (Å²) in [7, 11) is 1.81. The summed E-state index contributed by atoms with van der Waals surface area (Å²) in [5.41, 5.74) is 7.09. The average molecular weight is 221 g/mol. The van der Waals surface area contributed by atoms with Crippen molar-refractivity contribution in [2.45, 2.75) is 13.3 Å². The number of aromatic nitrogens is 2. The van der Waals surface area contributed by atoms with Crippen LogP contribution in [0.2, 0.25) is 0 Å². The lowest BCUT2D eigenvalue weighted by atomic mass is 10.00. The maximum Gasteiger partial charge on any atom is 0.128 e. The van der Waals surface area contributed by atoms with E-state index in [1.807, 2.05) is 20.0 Å². The number of nitrogens with two attached hydrogens (primary N) is 1. The molecule has 1 aromatic carbocycles. The largest absolute Gasteiger partial charge is 0.330 e. The Morgan fingerprint density at radius 1 is 1.50 bits per heavy atom. The molecule has 0 aliphatic rings. The van der Waals surface area contributed by atoms with Gasteiger partial charge in [0.1, 0.15) is 5.82 Å². The van der Waals surface area contributed by atoms with Crippen molar-refractivity contribution in [3.63, 3.8) is 0 Å². The Labute approximate surface area is 94.1 Å². The van der Waals surface area contributed by atoms with E-state index in [2.05, 4.69) is 5.10 Å². The van der Waals surface area contributed by atoms with E-state index in [1.54, 1.807) is 16.9 Å². The fraction of sp³-hybridized carbons (Fsp3) is 0.417. The molecular weight excluding hydrogens is 205 g/mol. The highest BCUT2D eigenvalue weighted by Crippen LogP contribution is 2.20. The first-order valence-electron chi connectivity index (χ1n) is 5.42. The molecule has 86 valence electrons. The van der Waals surface area contributed by atoms with E-state index in [0.29, 0.717) is 18.9 Å². The smallest absolute Gasteiger partial charge is 0.128 e. The van der Waals surface area contributed by atoms with E-state index in [1.165, 1.54) is 0 Å². The van der Waals surface area contributed by atoms with Crippen molar-refractivity contribution < 1.29 is 4.39 Å². The van der Waals surface area contributed by atoms with Crippen molar-refractivity contribution in [2.24, 2.45) is 18.7 Å². The van der Waals surface area contributed by atoms with Gasteiger partial charge in [-0.2, -0.15) is 5.10 Å². The molecule has 1 atom stereocenters. The van der Waals surface area contributed by atoms with Crippen LogP contribution in [-0.4, -0.2) is 16.3 Å². The lowest BCUT2D eigenvalue weighted by Gasteiger charge is -2.09. The summed E-state index contributed by atoms with van der Waals surface area (Å²) in [6, 6.07) is 3.41. The van der Waals surface area contributed by atoms with Crippen LogP contribution in [0.3, 0.4) is 0 Å². The fourth-order valence-corrected chi connectivity index (χ4v) is 1.84. The van der Waals surface area contributed by atoms with E-state index in [0.717, 1.165) is 16.5 Å². The van der Waals surface area contributed by atoms with E-state index in [9.17, 15) is 4.39 Å². The van der Waals surface area contributed by atoms with Gasteiger partial charge in [0, 0.05) is 18.5 Å². The zero-order valence-corrected chi connectivity index (χ0v) is 9.57. The van der Waals surface area contributed by atoms with Gasteiger partial charge in [-0.3, -0.25) is 4.68 Å². The van der Waals surface area contributed by atoms with Crippen LogP contribution in [0.4, 0.5) is 4.39 Å². The van der Waals surface area contributed by atoms with E-state index < -0.39 is 0 Å². The van der Waals surface area contributed by atoms with Gasteiger partial charge in [0.2, 0.25) is 0 Å². The normalized spacial score (nSPS) is 13.2. The van der Waals surface area contributed by atoms with Crippen molar-refractivity contribution in [2.75, 3.05) is 6.54 Å². The van der Waals surface area contributed by atoms with Gasteiger partial charge in [0.15, 0.2) is 0 Å². The van der Waals surface area contributed by atoms with Crippen LogP contribution >= 0.6 is 0 Å². The number of aryl methyl sites for hydroxylation is 1. The third kappa shape index (κ3) is 1.93. The quantitative estimate of drug-likeness (QED) is 0.859. The van der Waals surface area contributed by atoms with Crippen molar-refractivity contribution >= 4 is 10.9 Å². The molecule has 1 unspecified atom stereocenters. The molecule has 4 heteroatoms. The molecule has 0 fully saturated rings.